The summed E-state index contributed by atoms with van der Waals surface area (Å²) in [6, 6.07) is 11.0. The quantitative estimate of drug-likeness (QED) is 0.409. The summed E-state index contributed by atoms with van der Waals surface area (Å²) >= 11 is 1.38. The lowest BCUT2D eigenvalue weighted by Crippen LogP contribution is -2.46. The van der Waals surface area contributed by atoms with E-state index >= 15 is 0 Å². The highest BCUT2D eigenvalue weighted by Crippen LogP contribution is 2.59. The maximum atomic E-state index is 14.1. The molecule has 8 heteroatoms. The first-order chi connectivity index (χ1) is 16.1. The third-order valence-electron chi connectivity index (χ3n) is 6.58. The van der Waals surface area contributed by atoms with E-state index in [1.54, 1.807) is 12.1 Å². The molecule has 0 radical (unpaired) electrons. The summed E-state index contributed by atoms with van der Waals surface area (Å²) in [6.07, 6.45) is 1.15. The van der Waals surface area contributed by atoms with Crippen molar-refractivity contribution in [3.8, 4) is 5.75 Å². The van der Waals surface area contributed by atoms with Crippen molar-refractivity contribution >= 4 is 17.7 Å². The second kappa shape index (κ2) is 9.85. The number of nitrogens with one attached hydrogen (secondary N) is 1. The number of hydrogen-bond acceptors (Lipinski definition) is 6. The Bertz CT molecular complexity index is 1060. The molecule has 0 saturated heterocycles. The molecule has 0 bridgehead atoms. The maximum Gasteiger partial charge on any atom is 0.311 e. The summed E-state index contributed by atoms with van der Waals surface area (Å²) in [5.74, 6) is -0.861. The molecule has 0 unspecified atom stereocenters. The summed E-state index contributed by atoms with van der Waals surface area (Å²) in [6.45, 7) is 6.40. The fourth-order valence-corrected chi connectivity index (χ4v) is 5.17. The Morgan fingerprint density at radius 2 is 2.09 bits per heavy atom. The first kappa shape index (κ1) is 25.0. The van der Waals surface area contributed by atoms with Gasteiger partial charge in [-0.05, 0) is 51.1 Å². The Balaban J connectivity index is 1.27. The number of carbonyl (C=O) groups is 1. The predicted molar refractivity (Wildman–Crippen MR) is 129 cm³/mol. The van der Waals surface area contributed by atoms with E-state index in [-0.39, 0.29) is 36.1 Å². The molecule has 1 aliphatic heterocycles. The number of benzene rings is 2. The summed E-state index contributed by atoms with van der Waals surface area (Å²) in [7, 11) is 0. The van der Waals surface area contributed by atoms with Crippen molar-refractivity contribution in [1.82, 2.24) is 5.32 Å². The van der Waals surface area contributed by atoms with Crippen LogP contribution in [-0.2, 0) is 16.0 Å². The fourth-order valence-electron chi connectivity index (χ4n) is 4.71. The van der Waals surface area contributed by atoms with Gasteiger partial charge in [0, 0.05) is 34.0 Å². The van der Waals surface area contributed by atoms with Crippen LogP contribution in [0.3, 0.4) is 0 Å². The number of ether oxygens (including phenoxy) is 2. The molecule has 2 aliphatic rings. The number of hydrogen-bond donors (Lipinski definition) is 3. The molecular weight excluding hydrogens is 457 g/mol. The molecule has 0 spiro atoms. The van der Waals surface area contributed by atoms with Gasteiger partial charge in [0.1, 0.15) is 23.6 Å². The van der Waals surface area contributed by atoms with Crippen molar-refractivity contribution < 1.29 is 28.9 Å². The number of aliphatic hydroxyl groups is 1. The van der Waals surface area contributed by atoms with E-state index < -0.39 is 18.0 Å². The summed E-state index contributed by atoms with van der Waals surface area (Å²) in [5, 5.41) is 23.1. The lowest BCUT2D eigenvalue weighted by Gasteiger charge is -2.28. The van der Waals surface area contributed by atoms with Gasteiger partial charge in [-0.3, -0.25) is 4.79 Å². The molecule has 1 fully saturated rings. The number of fused-ring (bicyclic) bond motifs is 3. The first-order valence-electron chi connectivity index (χ1n) is 11.5. The Kier molecular flexibility index (Phi) is 7.24. The fraction of sp³-hybridized carbons (Fsp3) is 0.500. The van der Waals surface area contributed by atoms with Gasteiger partial charge in [0.2, 0.25) is 0 Å². The Hall–Kier alpha value is -2.13. The van der Waals surface area contributed by atoms with Gasteiger partial charge in [-0.2, -0.15) is 0 Å². The van der Waals surface area contributed by atoms with Gasteiger partial charge in [-0.1, -0.05) is 24.3 Å². The molecule has 184 valence electrons. The number of carboxylic acid groups (broad SMARTS) is 1. The summed E-state index contributed by atoms with van der Waals surface area (Å²) in [5.41, 5.74) is 2.35. The zero-order valence-electron chi connectivity index (χ0n) is 19.9. The van der Waals surface area contributed by atoms with Gasteiger partial charge in [-0.25, -0.2) is 4.39 Å². The minimum Gasteiger partial charge on any atom is -0.488 e. The highest BCUT2D eigenvalue weighted by molar-refractivity contribution is 7.98. The molecule has 0 aromatic heterocycles. The van der Waals surface area contributed by atoms with E-state index in [2.05, 4.69) is 5.32 Å². The molecule has 2 aromatic carbocycles. The van der Waals surface area contributed by atoms with Crippen molar-refractivity contribution in [2.45, 2.75) is 61.9 Å². The lowest BCUT2D eigenvalue weighted by atomic mass is 9.94. The first-order valence-corrected chi connectivity index (χ1v) is 12.7. The summed E-state index contributed by atoms with van der Waals surface area (Å²) < 4.78 is 25.9. The number of aliphatic carboxylic acids is 1. The molecular formula is C26H32FNO5S. The Labute approximate surface area is 203 Å². The van der Waals surface area contributed by atoms with E-state index in [9.17, 15) is 19.4 Å². The minimum atomic E-state index is -0.823. The van der Waals surface area contributed by atoms with Crippen LogP contribution in [0.4, 0.5) is 4.39 Å². The van der Waals surface area contributed by atoms with Crippen LogP contribution >= 0.6 is 11.8 Å². The number of rotatable bonds is 11. The Morgan fingerprint density at radius 3 is 2.76 bits per heavy atom. The molecule has 6 nitrogen and oxygen atoms in total. The van der Waals surface area contributed by atoms with Gasteiger partial charge in [0.25, 0.3) is 0 Å². The van der Waals surface area contributed by atoms with Crippen molar-refractivity contribution in [3.05, 3.63) is 58.9 Å². The van der Waals surface area contributed by atoms with Gasteiger partial charge < -0.3 is 25.0 Å². The van der Waals surface area contributed by atoms with Gasteiger partial charge in [0.15, 0.2) is 0 Å². The van der Waals surface area contributed by atoms with Crippen molar-refractivity contribution in [2.75, 3.05) is 19.4 Å². The average Bonchev–Trinajstić information content (AvgIpc) is 3.38. The highest BCUT2D eigenvalue weighted by Gasteiger charge is 2.63. The molecule has 0 amide bonds. The minimum absolute atomic E-state index is 0.0814. The van der Waals surface area contributed by atoms with Crippen LogP contribution in [-0.4, -0.2) is 53.3 Å². The molecule has 4 rings (SSSR count). The third kappa shape index (κ3) is 5.25. The SMILES string of the molecule is CSc1ccc(CC(C)(C)NC[C@@H](O)CO[C@H](C)c2cccc3c2O[C@@H]2[C@@H](C(=O)O)[C@H]32)cc1F. The number of thioether (sulfide) groups is 1. The molecule has 1 aliphatic carbocycles. The number of β-amino-alcohol motifs (C(OH)–C–C–N with tert-alkyl or cyclic N) is 1. The van der Waals surface area contributed by atoms with Crippen LogP contribution in [0.15, 0.2) is 41.3 Å². The molecule has 34 heavy (non-hydrogen) atoms. The normalized spacial score (nSPS) is 22.5. The standard InChI is InChI=1S/C26H32FNO5S/c1-14(17-6-5-7-18-21-22(25(30)31)24(21)33-23(17)18)32-13-16(29)12-28-26(2,3)11-15-8-9-20(34-4)19(27)10-15/h5-10,14,16,21-22,24,28-29H,11-13H2,1-4H3,(H,30,31)/t14-,16-,21+,22+,24+/m1/s1. The zero-order chi connectivity index (χ0) is 24.6. The van der Waals surface area contributed by atoms with Gasteiger partial charge in [0.05, 0.1) is 18.8 Å². The van der Waals surface area contributed by atoms with Crippen molar-refractivity contribution in [3.63, 3.8) is 0 Å². The number of carboxylic acids is 1. The highest BCUT2D eigenvalue weighted by atomic mass is 32.2. The molecule has 2 aromatic rings. The van der Waals surface area contributed by atoms with Crippen LogP contribution in [0.2, 0.25) is 0 Å². The van der Waals surface area contributed by atoms with E-state index in [4.69, 9.17) is 9.47 Å². The van der Waals surface area contributed by atoms with Crippen LogP contribution < -0.4 is 10.1 Å². The molecule has 3 N–H and O–H groups in total. The van der Waals surface area contributed by atoms with Gasteiger partial charge in [-0.15, -0.1) is 11.8 Å². The largest absolute Gasteiger partial charge is 0.488 e. The van der Waals surface area contributed by atoms with Crippen LogP contribution in [0.1, 0.15) is 49.5 Å². The number of para-hydroxylation sites is 1. The van der Waals surface area contributed by atoms with E-state index in [0.717, 1.165) is 22.4 Å². The number of halogens is 1. The lowest BCUT2D eigenvalue weighted by molar-refractivity contribution is -0.139. The molecule has 1 saturated carbocycles. The smallest absolute Gasteiger partial charge is 0.311 e. The molecule has 5 atom stereocenters. The summed E-state index contributed by atoms with van der Waals surface area (Å²) in [4.78, 5) is 11.9. The van der Waals surface area contributed by atoms with Crippen LogP contribution in [0.25, 0.3) is 0 Å². The topological polar surface area (TPSA) is 88.0 Å². The van der Waals surface area contributed by atoms with Crippen molar-refractivity contribution in [1.29, 1.82) is 0 Å². The maximum absolute atomic E-state index is 14.1. The second-order valence-electron chi connectivity index (χ2n) is 9.78. The number of aliphatic hydroxyl groups excluding tert-OH is 1. The predicted octanol–water partition coefficient (Wildman–Crippen LogP) is 4.16. The third-order valence-corrected chi connectivity index (χ3v) is 7.35. The van der Waals surface area contributed by atoms with E-state index in [0.29, 0.717) is 17.9 Å². The van der Waals surface area contributed by atoms with Crippen LogP contribution in [0.5, 0.6) is 5.75 Å². The molecule has 1 heterocycles. The van der Waals surface area contributed by atoms with E-state index in [1.807, 2.05) is 51.3 Å². The Morgan fingerprint density at radius 1 is 1.32 bits per heavy atom. The monoisotopic (exact) mass is 489 g/mol. The second-order valence-corrected chi connectivity index (χ2v) is 10.6. The van der Waals surface area contributed by atoms with Crippen molar-refractivity contribution in [2.24, 2.45) is 5.92 Å². The van der Waals surface area contributed by atoms with Crippen LogP contribution in [0, 0.1) is 11.7 Å². The zero-order valence-corrected chi connectivity index (χ0v) is 20.7. The van der Waals surface area contributed by atoms with Gasteiger partial charge >= 0.3 is 5.97 Å². The van der Waals surface area contributed by atoms with E-state index in [1.165, 1.54) is 11.8 Å². The average molecular weight is 490 g/mol.